The molecule has 1 aromatic rings. The Hall–Kier alpha value is -3.54. The van der Waals surface area contributed by atoms with Gasteiger partial charge in [0.1, 0.15) is 28.9 Å². The van der Waals surface area contributed by atoms with Crippen molar-refractivity contribution in [3.63, 3.8) is 0 Å². The van der Waals surface area contributed by atoms with E-state index in [0.717, 1.165) is 25.9 Å². The summed E-state index contributed by atoms with van der Waals surface area (Å²) in [6, 6.07) is 2.17. The summed E-state index contributed by atoms with van der Waals surface area (Å²) in [6.45, 7) is 11.0. The predicted molar refractivity (Wildman–Crippen MR) is 169 cm³/mol. The van der Waals surface area contributed by atoms with Gasteiger partial charge in [-0.25, -0.2) is 0 Å². The number of Topliss-reactive ketones (excluding diaryl/α,β-unsaturated/α-hetero) is 3. The van der Waals surface area contributed by atoms with Gasteiger partial charge >= 0.3 is 5.97 Å². The number of likely N-dealkylation sites (N-methyl/N-ethyl adjacent to an activating group) is 1. The second-order valence-corrected chi connectivity index (χ2v) is 14.4. The van der Waals surface area contributed by atoms with Crippen LogP contribution in [0.2, 0.25) is 0 Å². The minimum absolute atomic E-state index is 0.0172. The molecule has 1 saturated heterocycles. The fraction of sp³-hybridized carbons (Fsp3) is 0.600. The Morgan fingerprint density at radius 2 is 1.72 bits per heavy atom. The third kappa shape index (κ3) is 5.07. The zero-order valence-corrected chi connectivity index (χ0v) is 27.7. The van der Waals surface area contributed by atoms with Gasteiger partial charge in [0.25, 0.3) is 0 Å². The molecular weight excluding hydrogens is 592 g/mol. The molecular formula is C35H46N2O9. The molecule has 5 rings (SSSR count). The number of ether oxygens (including phenoxy) is 1. The van der Waals surface area contributed by atoms with Gasteiger partial charge in [-0.2, -0.15) is 0 Å². The van der Waals surface area contributed by atoms with Crippen molar-refractivity contribution in [1.82, 2.24) is 9.80 Å². The zero-order chi connectivity index (χ0) is 34.0. The number of carbonyl (C=O) groups excluding carboxylic acids is 4. The topological polar surface area (TPSA) is 165 Å². The van der Waals surface area contributed by atoms with E-state index in [1.807, 2.05) is 20.8 Å². The van der Waals surface area contributed by atoms with Crippen LogP contribution in [0.1, 0.15) is 82.9 Å². The highest BCUT2D eigenvalue weighted by Gasteiger charge is 2.69. The van der Waals surface area contributed by atoms with Gasteiger partial charge in [-0.15, -0.1) is 0 Å². The van der Waals surface area contributed by atoms with Gasteiger partial charge in [-0.05, 0) is 56.9 Å². The molecule has 0 radical (unpaired) electrons. The SMILES string of the molecule is CCC(=O)O[C@H]1[C@H]2C(=C(O)c3c(ccc(C(C)(C)C)c3O)[C@@H]2C)C(=O)[C@]2(O)C(O)=C(C(=O)CCN3CCCC3)C(=O)[C@@H](N(C)C)[C@H]12. The van der Waals surface area contributed by atoms with Gasteiger partial charge in [0, 0.05) is 36.4 Å². The van der Waals surface area contributed by atoms with Crippen LogP contribution >= 0.6 is 0 Å². The maximum absolute atomic E-state index is 14.7. The van der Waals surface area contributed by atoms with Gasteiger partial charge in [-0.1, -0.05) is 46.8 Å². The summed E-state index contributed by atoms with van der Waals surface area (Å²) in [6.07, 6.45) is 0.437. The molecule has 1 aromatic carbocycles. The van der Waals surface area contributed by atoms with Gasteiger partial charge in [-0.3, -0.25) is 24.1 Å². The van der Waals surface area contributed by atoms with Crippen molar-refractivity contribution in [3.8, 4) is 5.75 Å². The van der Waals surface area contributed by atoms with E-state index in [2.05, 4.69) is 4.90 Å². The normalized spacial score (nSPS) is 30.0. The van der Waals surface area contributed by atoms with Crippen molar-refractivity contribution in [3.05, 3.63) is 45.7 Å². The fourth-order valence-corrected chi connectivity index (χ4v) is 7.99. The van der Waals surface area contributed by atoms with Gasteiger partial charge < -0.3 is 30.1 Å². The van der Waals surface area contributed by atoms with Crippen LogP contribution < -0.4 is 0 Å². The Bertz CT molecular complexity index is 1550. The lowest BCUT2D eigenvalue weighted by atomic mass is 9.54. The van der Waals surface area contributed by atoms with E-state index in [0.29, 0.717) is 17.7 Å². The lowest BCUT2D eigenvalue weighted by Gasteiger charge is -2.54. The number of fused-ring (bicyclic) bond motifs is 3. The number of carbonyl (C=O) groups is 4. The highest BCUT2D eigenvalue weighted by atomic mass is 16.5. The van der Waals surface area contributed by atoms with E-state index in [4.69, 9.17) is 4.74 Å². The summed E-state index contributed by atoms with van der Waals surface area (Å²) >= 11 is 0. The average Bonchev–Trinajstić information content (AvgIpc) is 3.50. The number of hydrogen-bond acceptors (Lipinski definition) is 11. The second-order valence-electron chi connectivity index (χ2n) is 14.4. The van der Waals surface area contributed by atoms with Gasteiger partial charge in [0.15, 0.2) is 17.2 Å². The number of likely N-dealkylation sites (tertiary alicyclic amines) is 1. The van der Waals surface area contributed by atoms with E-state index in [1.54, 1.807) is 40.1 Å². The molecule has 4 aliphatic rings. The molecule has 250 valence electrons. The smallest absolute Gasteiger partial charge is 0.305 e. The summed E-state index contributed by atoms with van der Waals surface area (Å²) in [5.74, 6) is -8.40. The van der Waals surface area contributed by atoms with Crippen molar-refractivity contribution in [2.45, 2.75) is 89.4 Å². The minimum atomic E-state index is -2.89. The Kier molecular flexibility index (Phi) is 8.76. The summed E-state index contributed by atoms with van der Waals surface area (Å²) in [4.78, 5) is 58.9. The van der Waals surface area contributed by atoms with Crippen LogP contribution in [-0.4, -0.2) is 105 Å². The quantitative estimate of drug-likeness (QED) is 0.256. The van der Waals surface area contributed by atoms with E-state index in [1.165, 1.54) is 4.90 Å². The Morgan fingerprint density at radius 3 is 2.28 bits per heavy atom. The first-order valence-electron chi connectivity index (χ1n) is 16.1. The zero-order valence-electron chi connectivity index (χ0n) is 27.7. The average molecular weight is 639 g/mol. The largest absolute Gasteiger partial charge is 0.508 e. The van der Waals surface area contributed by atoms with Crippen LogP contribution in [0, 0.1) is 11.8 Å². The first-order chi connectivity index (χ1) is 21.5. The molecule has 2 fully saturated rings. The molecule has 1 saturated carbocycles. The predicted octanol–water partition coefficient (Wildman–Crippen LogP) is 3.32. The number of rotatable bonds is 7. The van der Waals surface area contributed by atoms with Crippen LogP contribution in [0.25, 0.3) is 5.76 Å². The number of ketones is 3. The molecule has 0 spiro atoms. The highest BCUT2D eigenvalue weighted by molar-refractivity contribution is 6.25. The Balaban J connectivity index is 1.76. The Morgan fingerprint density at radius 1 is 1.09 bits per heavy atom. The monoisotopic (exact) mass is 638 g/mol. The number of aliphatic hydroxyl groups is 3. The highest BCUT2D eigenvalue weighted by Crippen LogP contribution is 2.57. The van der Waals surface area contributed by atoms with Crippen LogP contribution in [-0.2, 0) is 29.3 Å². The van der Waals surface area contributed by atoms with Crippen LogP contribution in [0.15, 0.2) is 29.0 Å². The van der Waals surface area contributed by atoms with Gasteiger partial charge in [0.2, 0.25) is 5.78 Å². The van der Waals surface area contributed by atoms with E-state index >= 15 is 0 Å². The number of phenols is 1. The molecule has 0 unspecified atom stereocenters. The number of esters is 1. The van der Waals surface area contributed by atoms with Crippen molar-refractivity contribution in [2.24, 2.45) is 11.8 Å². The second kappa shape index (κ2) is 11.9. The number of aliphatic hydroxyl groups excluding tert-OH is 2. The maximum atomic E-state index is 14.7. The molecule has 0 aromatic heterocycles. The third-order valence-corrected chi connectivity index (χ3v) is 10.4. The lowest BCUT2D eigenvalue weighted by Crippen LogP contribution is -2.70. The van der Waals surface area contributed by atoms with Gasteiger partial charge in [0.05, 0.1) is 17.5 Å². The summed E-state index contributed by atoms with van der Waals surface area (Å²) < 4.78 is 5.96. The number of phenolic OH excluding ortho intramolecular Hbond substituents is 1. The summed E-state index contributed by atoms with van der Waals surface area (Å²) in [5, 5.41) is 47.4. The first kappa shape index (κ1) is 33.8. The van der Waals surface area contributed by atoms with Crippen molar-refractivity contribution >= 4 is 29.1 Å². The van der Waals surface area contributed by atoms with Crippen molar-refractivity contribution < 1.29 is 44.3 Å². The first-order valence-corrected chi connectivity index (χ1v) is 16.1. The van der Waals surface area contributed by atoms with E-state index < -0.39 is 81.3 Å². The maximum Gasteiger partial charge on any atom is 0.305 e. The molecule has 3 aliphatic carbocycles. The number of benzene rings is 1. The molecule has 1 heterocycles. The molecule has 6 atom stereocenters. The summed E-state index contributed by atoms with van der Waals surface area (Å²) in [5.41, 5.74) is -3.40. The number of nitrogens with zero attached hydrogens (tertiary/aromatic N) is 2. The molecule has 1 aliphatic heterocycles. The molecule has 11 heteroatoms. The fourth-order valence-electron chi connectivity index (χ4n) is 7.99. The lowest BCUT2D eigenvalue weighted by molar-refractivity contribution is -0.185. The molecule has 46 heavy (non-hydrogen) atoms. The minimum Gasteiger partial charge on any atom is -0.508 e. The molecule has 0 amide bonds. The van der Waals surface area contributed by atoms with Crippen LogP contribution in [0.5, 0.6) is 5.75 Å². The third-order valence-electron chi connectivity index (χ3n) is 10.4. The molecule has 4 N–H and O–H groups in total. The summed E-state index contributed by atoms with van der Waals surface area (Å²) in [7, 11) is 3.10. The van der Waals surface area contributed by atoms with Crippen molar-refractivity contribution in [1.29, 1.82) is 0 Å². The van der Waals surface area contributed by atoms with Crippen LogP contribution in [0.3, 0.4) is 0 Å². The van der Waals surface area contributed by atoms with E-state index in [-0.39, 0.29) is 29.7 Å². The standard InChI is InChI=1S/C35H46N2O9/c1-8-21(39)46-31-22-17(2)18-11-12-19(34(3,4)5)28(40)23(18)29(41)25(22)33(44)35(45)26(31)27(36(6)7)30(42)24(32(35)43)20(38)13-16-37-14-9-10-15-37/h11-12,17,22,26-27,31,40-41,43,45H,8-10,13-16H2,1-7H3/t17-,22+,26+,27-,31-,35+/m0/s1. The number of hydrogen-bond donors (Lipinski definition) is 4. The number of aromatic hydroxyl groups is 1. The Labute approximate surface area is 269 Å². The molecule has 0 bridgehead atoms. The molecule has 11 nitrogen and oxygen atoms in total. The van der Waals surface area contributed by atoms with Crippen LogP contribution in [0.4, 0.5) is 0 Å². The van der Waals surface area contributed by atoms with Crippen molar-refractivity contribution in [2.75, 3.05) is 33.7 Å². The van der Waals surface area contributed by atoms with E-state index in [9.17, 15) is 39.6 Å².